The normalized spacial score (nSPS) is 11.1. The van der Waals surface area contributed by atoms with Crippen LogP contribution in [0.2, 0.25) is 10.0 Å². The summed E-state index contributed by atoms with van der Waals surface area (Å²) in [6.45, 7) is 0. The van der Waals surface area contributed by atoms with Crippen LogP contribution in [0.25, 0.3) is 11.1 Å². The van der Waals surface area contributed by atoms with Gasteiger partial charge in [0.25, 0.3) is 10.0 Å². The minimum absolute atomic E-state index is 0.0238. The number of rotatable bonds is 5. The Morgan fingerprint density at radius 1 is 1.00 bits per heavy atom. The van der Waals surface area contributed by atoms with Gasteiger partial charge >= 0.3 is 5.97 Å². The number of aromatic nitrogens is 1. The highest BCUT2D eigenvalue weighted by molar-refractivity contribution is 7.92. The second kappa shape index (κ2) is 8.18. The largest absolute Gasteiger partial charge is 0.464 e. The molecule has 0 aliphatic carbocycles. The van der Waals surface area contributed by atoms with Crippen LogP contribution in [0, 0.1) is 0 Å². The Kier molecular flexibility index (Phi) is 5.88. The molecule has 0 fully saturated rings. The van der Waals surface area contributed by atoms with E-state index in [-0.39, 0.29) is 26.3 Å². The van der Waals surface area contributed by atoms with Gasteiger partial charge < -0.3 is 4.74 Å². The summed E-state index contributed by atoms with van der Waals surface area (Å²) >= 11 is 11.8. The summed E-state index contributed by atoms with van der Waals surface area (Å²) in [5.74, 6) is -0.776. The third kappa shape index (κ3) is 4.44. The van der Waals surface area contributed by atoms with Crippen LogP contribution in [0.3, 0.4) is 0 Å². The molecule has 144 valence electrons. The van der Waals surface area contributed by atoms with E-state index in [9.17, 15) is 13.2 Å². The predicted octanol–water partition coefficient (Wildman–Crippen LogP) is 4.64. The second-order valence-corrected chi connectivity index (χ2v) is 8.24. The van der Waals surface area contributed by atoms with Crippen molar-refractivity contribution in [1.29, 1.82) is 0 Å². The van der Waals surface area contributed by atoms with Gasteiger partial charge in [0.2, 0.25) is 0 Å². The first-order chi connectivity index (χ1) is 13.3. The van der Waals surface area contributed by atoms with Crippen LogP contribution >= 0.6 is 23.2 Å². The molecule has 3 rings (SSSR count). The third-order valence-electron chi connectivity index (χ3n) is 3.76. The van der Waals surface area contributed by atoms with Crippen molar-refractivity contribution in [3.05, 3.63) is 76.5 Å². The second-order valence-electron chi connectivity index (χ2n) is 5.69. The molecule has 0 atom stereocenters. The fourth-order valence-electron chi connectivity index (χ4n) is 2.48. The number of sulfonamides is 1. The number of anilines is 1. The van der Waals surface area contributed by atoms with Gasteiger partial charge in [0.05, 0.1) is 17.7 Å². The lowest BCUT2D eigenvalue weighted by molar-refractivity contribution is 0.0595. The Labute approximate surface area is 172 Å². The molecule has 0 saturated carbocycles. The number of nitrogens with one attached hydrogen (secondary N) is 1. The number of hydrogen-bond acceptors (Lipinski definition) is 5. The average Bonchev–Trinajstić information content (AvgIpc) is 2.67. The smallest absolute Gasteiger partial charge is 0.358 e. The van der Waals surface area contributed by atoms with Crippen LogP contribution in [0.1, 0.15) is 10.5 Å². The number of ether oxygens (including phenoxy) is 1. The lowest BCUT2D eigenvalue weighted by Gasteiger charge is -2.13. The number of esters is 1. The van der Waals surface area contributed by atoms with E-state index in [1.807, 2.05) is 30.3 Å². The molecule has 0 spiro atoms. The molecule has 0 bridgehead atoms. The Hall–Kier alpha value is -2.61. The van der Waals surface area contributed by atoms with Crippen LogP contribution in [-0.2, 0) is 14.8 Å². The molecule has 9 heteroatoms. The Morgan fingerprint density at radius 3 is 2.25 bits per heavy atom. The Bertz CT molecular complexity index is 1120. The SMILES string of the molecule is COC(=O)c1ncc(-c2ccccc2)cc1NS(=O)(=O)c1cc(Cl)cc(Cl)c1. The van der Waals surface area contributed by atoms with E-state index in [1.165, 1.54) is 37.6 Å². The zero-order valence-corrected chi connectivity index (χ0v) is 16.8. The molecule has 0 amide bonds. The van der Waals surface area contributed by atoms with Crippen molar-refractivity contribution in [2.45, 2.75) is 4.90 Å². The summed E-state index contributed by atoms with van der Waals surface area (Å²) in [5, 5.41) is 0.328. The molecule has 1 heterocycles. The van der Waals surface area contributed by atoms with Gasteiger partial charge in [0, 0.05) is 21.8 Å². The van der Waals surface area contributed by atoms with Gasteiger partial charge in [-0.15, -0.1) is 0 Å². The molecule has 1 N–H and O–H groups in total. The fourth-order valence-corrected chi connectivity index (χ4v) is 4.26. The van der Waals surface area contributed by atoms with E-state index in [0.717, 1.165) is 5.56 Å². The van der Waals surface area contributed by atoms with Crippen molar-refractivity contribution in [2.75, 3.05) is 11.8 Å². The van der Waals surface area contributed by atoms with E-state index < -0.39 is 16.0 Å². The maximum absolute atomic E-state index is 12.8. The van der Waals surface area contributed by atoms with Gasteiger partial charge in [-0.1, -0.05) is 53.5 Å². The number of methoxy groups -OCH3 is 1. The Balaban J connectivity index is 2.09. The maximum atomic E-state index is 12.8. The molecule has 1 aromatic heterocycles. The quantitative estimate of drug-likeness (QED) is 0.588. The highest BCUT2D eigenvalue weighted by Crippen LogP contribution is 2.28. The first-order valence-corrected chi connectivity index (χ1v) is 10.2. The highest BCUT2D eigenvalue weighted by Gasteiger charge is 2.22. The minimum atomic E-state index is -4.09. The van der Waals surface area contributed by atoms with E-state index >= 15 is 0 Å². The van der Waals surface area contributed by atoms with Crippen LogP contribution in [-0.4, -0.2) is 26.5 Å². The monoisotopic (exact) mass is 436 g/mol. The molecule has 0 aliphatic heterocycles. The highest BCUT2D eigenvalue weighted by atomic mass is 35.5. The molecule has 2 aromatic carbocycles. The van der Waals surface area contributed by atoms with Crippen molar-refractivity contribution in [2.24, 2.45) is 0 Å². The molecule has 0 aliphatic rings. The molecule has 6 nitrogen and oxygen atoms in total. The summed E-state index contributed by atoms with van der Waals surface area (Å²) in [5.41, 5.74) is 1.23. The molecular formula is C19H14Cl2N2O4S. The van der Waals surface area contributed by atoms with Crippen molar-refractivity contribution in [3.63, 3.8) is 0 Å². The number of halogens is 2. The molecule has 0 radical (unpaired) electrons. The van der Waals surface area contributed by atoms with Gasteiger partial charge in [-0.25, -0.2) is 18.2 Å². The molecular weight excluding hydrogens is 423 g/mol. The number of benzene rings is 2. The van der Waals surface area contributed by atoms with Gasteiger partial charge in [-0.05, 0) is 29.8 Å². The van der Waals surface area contributed by atoms with Crippen LogP contribution in [0.15, 0.2) is 65.7 Å². The maximum Gasteiger partial charge on any atom is 0.358 e. The number of pyridine rings is 1. The fraction of sp³-hybridized carbons (Fsp3) is 0.0526. The number of carbonyl (C=O) groups is 1. The van der Waals surface area contributed by atoms with Gasteiger partial charge in [-0.2, -0.15) is 0 Å². The number of carbonyl (C=O) groups excluding carboxylic acids is 1. The van der Waals surface area contributed by atoms with Gasteiger partial charge in [0.15, 0.2) is 5.69 Å². The summed E-state index contributed by atoms with van der Waals surface area (Å²) in [6.07, 6.45) is 1.47. The molecule has 28 heavy (non-hydrogen) atoms. The lowest BCUT2D eigenvalue weighted by Crippen LogP contribution is -2.17. The molecule has 0 saturated heterocycles. The number of hydrogen-bond donors (Lipinski definition) is 1. The summed E-state index contributed by atoms with van der Waals surface area (Å²) in [4.78, 5) is 16.0. The molecule has 3 aromatic rings. The first kappa shape index (κ1) is 20.1. The zero-order chi connectivity index (χ0) is 20.3. The topological polar surface area (TPSA) is 85.4 Å². The van der Waals surface area contributed by atoms with Crippen molar-refractivity contribution >= 4 is 44.9 Å². The number of nitrogens with zero attached hydrogens (tertiary/aromatic N) is 1. The van der Waals surface area contributed by atoms with Crippen LogP contribution in [0.5, 0.6) is 0 Å². The van der Waals surface area contributed by atoms with Crippen molar-refractivity contribution in [1.82, 2.24) is 4.98 Å². The van der Waals surface area contributed by atoms with Gasteiger partial charge in [-0.3, -0.25) is 4.72 Å². The first-order valence-electron chi connectivity index (χ1n) is 7.93. The van der Waals surface area contributed by atoms with Crippen LogP contribution < -0.4 is 4.72 Å². The van der Waals surface area contributed by atoms with E-state index in [2.05, 4.69) is 9.71 Å². The van der Waals surface area contributed by atoms with E-state index in [1.54, 1.807) is 0 Å². The summed E-state index contributed by atoms with van der Waals surface area (Å²) in [7, 11) is -2.90. The molecule has 0 unspecified atom stereocenters. The zero-order valence-electron chi connectivity index (χ0n) is 14.5. The Morgan fingerprint density at radius 2 is 1.64 bits per heavy atom. The van der Waals surface area contributed by atoms with E-state index in [4.69, 9.17) is 27.9 Å². The van der Waals surface area contributed by atoms with Crippen molar-refractivity contribution in [3.8, 4) is 11.1 Å². The van der Waals surface area contributed by atoms with Crippen LogP contribution in [0.4, 0.5) is 5.69 Å². The predicted molar refractivity (Wildman–Crippen MR) is 108 cm³/mol. The van der Waals surface area contributed by atoms with Gasteiger partial charge in [0.1, 0.15) is 0 Å². The summed E-state index contributed by atoms with van der Waals surface area (Å²) in [6, 6.07) is 14.6. The minimum Gasteiger partial charge on any atom is -0.464 e. The lowest BCUT2D eigenvalue weighted by atomic mass is 10.1. The third-order valence-corrected chi connectivity index (χ3v) is 5.55. The summed E-state index contributed by atoms with van der Waals surface area (Å²) < 4.78 is 32.7. The van der Waals surface area contributed by atoms with E-state index in [0.29, 0.717) is 5.56 Å². The average molecular weight is 437 g/mol. The standard InChI is InChI=1S/C19H14Cl2N2O4S/c1-27-19(24)18-17(7-13(11-22-18)12-5-3-2-4-6-12)23-28(25,26)16-9-14(20)8-15(21)10-16/h2-11,23H,1H3. The van der Waals surface area contributed by atoms with Crippen molar-refractivity contribution < 1.29 is 17.9 Å².